The number of amides is 2. The number of rotatable bonds is 7. The Morgan fingerprint density at radius 2 is 2.10 bits per heavy atom. The Labute approximate surface area is 117 Å². The van der Waals surface area contributed by atoms with Crippen LogP contribution in [-0.2, 0) is 6.54 Å². The van der Waals surface area contributed by atoms with Gasteiger partial charge in [-0.3, -0.25) is 0 Å². The van der Waals surface area contributed by atoms with Gasteiger partial charge in [0, 0.05) is 13.1 Å². The molecule has 0 saturated carbocycles. The van der Waals surface area contributed by atoms with Gasteiger partial charge in [-0.05, 0) is 11.8 Å². The number of hydrogen-bond acceptors (Lipinski definition) is 4. The predicted molar refractivity (Wildman–Crippen MR) is 72.5 cm³/mol. The number of urea groups is 1. The molecule has 1 rings (SSSR count). The van der Waals surface area contributed by atoms with Crippen LogP contribution in [0.5, 0.6) is 0 Å². The molecule has 8 nitrogen and oxygen atoms in total. The number of hydrogen-bond donors (Lipinski definition) is 3. The molecule has 0 aromatic carbocycles. The van der Waals surface area contributed by atoms with Crippen LogP contribution < -0.4 is 10.6 Å². The van der Waals surface area contributed by atoms with Gasteiger partial charge in [-0.25, -0.2) is 14.3 Å². The van der Waals surface area contributed by atoms with Crippen molar-refractivity contribution in [3.8, 4) is 0 Å². The molecule has 20 heavy (non-hydrogen) atoms. The van der Waals surface area contributed by atoms with Crippen LogP contribution in [0, 0.1) is 5.41 Å². The number of carboxylic acid groups (broad SMARTS) is 1. The fraction of sp³-hybridized carbons (Fsp3) is 0.667. The number of carbonyl (C=O) groups is 2. The second-order valence-electron chi connectivity index (χ2n) is 5.30. The van der Waals surface area contributed by atoms with Gasteiger partial charge in [0.1, 0.15) is 0 Å². The summed E-state index contributed by atoms with van der Waals surface area (Å²) < 4.78 is 1.37. The summed E-state index contributed by atoms with van der Waals surface area (Å²) in [6.07, 6.45) is 2.30. The largest absolute Gasteiger partial charge is 0.476 e. The van der Waals surface area contributed by atoms with Gasteiger partial charge >= 0.3 is 12.0 Å². The number of carboxylic acids is 1. The molecule has 0 saturated heterocycles. The Hall–Kier alpha value is -2.12. The van der Waals surface area contributed by atoms with Gasteiger partial charge in [-0.1, -0.05) is 26.0 Å². The molecule has 1 aromatic rings. The lowest BCUT2D eigenvalue weighted by atomic mass is 9.90. The number of aromatic nitrogens is 3. The van der Waals surface area contributed by atoms with Gasteiger partial charge in [-0.2, -0.15) is 0 Å². The molecule has 1 heterocycles. The molecule has 0 bridgehead atoms. The van der Waals surface area contributed by atoms with E-state index in [0.29, 0.717) is 19.6 Å². The van der Waals surface area contributed by atoms with E-state index in [0.717, 1.165) is 6.42 Å². The molecule has 0 radical (unpaired) electrons. The topological polar surface area (TPSA) is 109 Å². The van der Waals surface area contributed by atoms with Crippen molar-refractivity contribution in [3.63, 3.8) is 0 Å². The Morgan fingerprint density at radius 3 is 2.65 bits per heavy atom. The average molecular weight is 283 g/mol. The van der Waals surface area contributed by atoms with Crippen molar-refractivity contribution in [2.45, 2.75) is 33.7 Å². The van der Waals surface area contributed by atoms with Crippen molar-refractivity contribution >= 4 is 12.0 Å². The standard InChI is InChI=1S/C12H21N5O3/c1-4-12(2,3)8-14-11(20)13-5-6-17-7-9(10(18)19)15-16-17/h7H,4-6,8H2,1-3H3,(H,18,19)(H2,13,14,20). The van der Waals surface area contributed by atoms with Crippen molar-refractivity contribution < 1.29 is 14.7 Å². The molecule has 8 heteroatoms. The van der Waals surface area contributed by atoms with Crippen LogP contribution in [0.2, 0.25) is 0 Å². The van der Waals surface area contributed by atoms with Gasteiger partial charge in [-0.15, -0.1) is 5.10 Å². The highest BCUT2D eigenvalue weighted by molar-refractivity contribution is 5.84. The second-order valence-corrected chi connectivity index (χ2v) is 5.30. The van der Waals surface area contributed by atoms with E-state index in [2.05, 4.69) is 41.7 Å². The van der Waals surface area contributed by atoms with Crippen LogP contribution in [0.3, 0.4) is 0 Å². The first-order valence-electron chi connectivity index (χ1n) is 6.49. The summed E-state index contributed by atoms with van der Waals surface area (Å²) in [6.45, 7) is 7.55. The van der Waals surface area contributed by atoms with Gasteiger partial charge in [0.25, 0.3) is 0 Å². The lowest BCUT2D eigenvalue weighted by Crippen LogP contribution is -2.41. The first-order chi connectivity index (χ1) is 9.34. The number of nitrogens with one attached hydrogen (secondary N) is 2. The molecule has 0 spiro atoms. The maximum atomic E-state index is 11.5. The lowest BCUT2D eigenvalue weighted by molar-refractivity contribution is 0.0690. The van der Waals surface area contributed by atoms with Crippen LogP contribution in [0.25, 0.3) is 0 Å². The van der Waals surface area contributed by atoms with Crippen molar-refractivity contribution in [3.05, 3.63) is 11.9 Å². The fourth-order valence-electron chi connectivity index (χ4n) is 1.30. The number of carbonyl (C=O) groups excluding carboxylic acids is 1. The molecule has 3 N–H and O–H groups in total. The Morgan fingerprint density at radius 1 is 1.40 bits per heavy atom. The Kier molecular flexibility index (Phi) is 5.48. The highest BCUT2D eigenvalue weighted by atomic mass is 16.4. The molecular weight excluding hydrogens is 262 g/mol. The van der Waals surface area contributed by atoms with E-state index in [4.69, 9.17) is 5.11 Å². The number of nitrogens with zero attached hydrogens (tertiary/aromatic N) is 3. The minimum atomic E-state index is -1.12. The normalized spacial score (nSPS) is 11.2. The van der Waals surface area contributed by atoms with Gasteiger partial charge in [0.05, 0.1) is 12.7 Å². The summed E-state index contributed by atoms with van der Waals surface area (Å²) in [7, 11) is 0. The van der Waals surface area contributed by atoms with Crippen LogP contribution >= 0.6 is 0 Å². The molecule has 2 amide bonds. The predicted octanol–water partition coefficient (Wildman–Crippen LogP) is 0.712. The maximum absolute atomic E-state index is 11.5. The second kappa shape index (κ2) is 6.88. The molecule has 0 atom stereocenters. The highest BCUT2D eigenvalue weighted by Gasteiger charge is 2.15. The van der Waals surface area contributed by atoms with Crippen LogP contribution in [0.4, 0.5) is 4.79 Å². The minimum Gasteiger partial charge on any atom is -0.476 e. The summed E-state index contributed by atoms with van der Waals surface area (Å²) >= 11 is 0. The summed E-state index contributed by atoms with van der Waals surface area (Å²) in [5.74, 6) is -1.12. The molecule has 0 aliphatic rings. The van der Waals surface area contributed by atoms with E-state index in [-0.39, 0.29) is 17.1 Å². The van der Waals surface area contributed by atoms with E-state index in [9.17, 15) is 9.59 Å². The van der Waals surface area contributed by atoms with Crippen molar-refractivity contribution in [2.24, 2.45) is 5.41 Å². The van der Waals surface area contributed by atoms with E-state index < -0.39 is 5.97 Å². The Balaban J connectivity index is 2.26. The van der Waals surface area contributed by atoms with Crippen LogP contribution in [-0.4, -0.2) is 45.2 Å². The van der Waals surface area contributed by atoms with Crippen LogP contribution in [0.1, 0.15) is 37.7 Å². The first-order valence-corrected chi connectivity index (χ1v) is 6.49. The summed E-state index contributed by atoms with van der Waals surface area (Å²) in [5.41, 5.74) is -0.0428. The molecule has 0 aliphatic heterocycles. The summed E-state index contributed by atoms with van der Waals surface area (Å²) in [6, 6.07) is -0.245. The SMILES string of the molecule is CCC(C)(C)CNC(=O)NCCn1cc(C(=O)O)nn1. The van der Waals surface area contributed by atoms with E-state index >= 15 is 0 Å². The van der Waals surface area contributed by atoms with E-state index in [1.807, 2.05) is 0 Å². The van der Waals surface area contributed by atoms with E-state index in [1.165, 1.54) is 10.9 Å². The molecule has 0 fully saturated rings. The Bertz CT molecular complexity index is 469. The molecule has 0 unspecified atom stereocenters. The third-order valence-electron chi connectivity index (χ3n) is 3.07. The lowest BCUT2D eigenvalue weighted by Gasteiger charge is -2.22. The zero-order chi connectivity index (χ0) is 15.2. The zero-order valence-electron chi connectivity index (χ0n) is 12.0. The smallest absolute Gasteiger partial charge is 0.358 e. The molecule has 0 aliphatic carbocycles. The van der Waals surface area contributed by atoms with Crippen molar-refractivity contribution in [1.29, 1.82) is 0 Å². The first kappa shape index (κ1) is 15.9. The monoisotopic (exact) mass is 283 g/mol. The zero-order valence-corrected chi connectivity index (χ0v) is 12.0. The highest BCUT2D eigenvalue weighted by Crippen LogP contribution is 2.17. The van der Waals surface area contributed by atoms with Gasteiger partial charge in [0.2, 0.25) is 0 Å². The fourth-order valence-corrected chi connectivity index (χ4v) is 1.30. The number of aromatic carboxylic acids is 1. The van der Waals surface area contributed by atoms with Crippen LogP contribution in [0.15, 0.2) is 6.20 Å². The summed E-state index contributed by atoms with van der Waals surface area (Å²) in [4.78, 5) is 22.2. The van der Waals surface area contributed by atoms with Gasteiger partial charge < -0.3 is 15.7 Å². The summed E-state index contributed by atoms with van der Waals surface area (Å²) in [5, 5.41) is 21.3. The molecule has 112 valence electrons. The van der Waals surface area contributed by atoms with Crippen molar-refractivity contribution in [1.82, 2.24) is 25.6 Å². The molecule has 1 aromatic heterocycles. The minimum absolute atomic E-state index is 0.0691. The third-order valence-corrected chi connectivity index (χ3v) is 3.07. The maximum Gasteiger partial charge on any atom is 0.358 e. The average Bonchev–Trinajstić information content (AvgIpc) is 2.85. The van der Waals surface area contributed by atoms with Gasteiger partial charge in [0.15, 0.2) is 5.69 Å². The quantitative estimate of drug-likeness (QED) is 0.683. The van der Waals surface area contributed by atoms with Crippen molar-refractivity contribution in [2.75, 3.05) is 13.1 Å². The third kappa shape index (κ3) is 5.25. The van der Waals surface area contributed by atoms with E-state index in [1.54, 1.807) is 0 Å². The molecular formula is C12H21N5O3.